The number of nitrogens with one attached hydrogen (secondary N) is 2. The van der Waals surface area contributed by atoms with Crippen LogP contribution in [-0.2, 0) is 9.53 Å². The standard InChI is InChI=1S/C14H14F3N3O6/c1-2-26-11(21)9-10(7-5-3-4-6-8(7)20(24)25)18-12(22)19-13(9,23)14(15,16)17/h3-6,9-10,23H,2H2,1H3,(H2,18,19,22)/t9-,10+,13+/m0/s1. The number of rotatable bonds is 4. The number of nitro benzene ring substituents is 1. The number of carbonyl (C=O) groups is 2. The van der Waals surface area contributed by atoms with E-state index in [-0.39, 0.29) is 12.2 Å². The molecule has 0 bridgehead atoms. The largest absolute Gasteiger partial charge is 0.466 e. The topological polar surface area (TPSA) is 131 Å². The molecule has 0 aliphatic carbocycles. The number of urea groups is 1. The van der Waals surface area contributed by atoms with Gasteiger partial charge in [-0.05, 0) is 6.92 Å². The molecule has 1 heterocycles. The van der Waals surface area contributed by atoms with Gasteiger partial charge < -0.3 is 20.5 Å². The highest BCUT2D eigenvalue weighted by atomic mass is 19.4. The van der Waals surface area contributed by atoms with E-state index in [1.807, 2.05) is 5.32 Å². The van der Waals surface area contributed by atoms with Gasteiger partial charge in [0.1, 0.15) is 5.92 Å². The Balaban J connectivity index is 2.67. The number of esters is 1. The lowest BCUT2D eigenvalue weighted by Crippen LogP contribution is -2.73. The molecule has 3 atom stereocenters. The molecule has 1 aliphatic heterocycles. The van der Waals surface area contributed by atoms with E-state index in [0.717, 1.165) is 12.1 Å². The molecule has 0 saturated carbocycles. The van der Waals surface area contributed by atoms with Crippen molar-refractivity contribution in [1.82, 2.24) is 10.6 Å². The molecule has 1 aromatic carbocycles. The van der Waals surface area contributed by atoms with Crippen molar-refractivity contribution in [2.75, 3.05) is 6.61 Å². The maximum Gasteiger partial charge on any atom is 0.437 e. The minimum Gasteiger partial charge on any atom is -0.466 e. The van der Waals surface area contributed by atoms with Gasteiger partial charge in [0.05, 0.1) is 23.1 Å². The Kier molecular flexibility index (Phi) is 5.07. The second-order valence-corrected chi connectivity index (χ2v) is 5.39. The van der Waals surface area contributed by atoms with Gasteiger partial charge in [-0.1, -0.05) is 18.2 Å². The molecule has 3 N–H and O–H groups in total. The predicted octanol–water partition coefficient (Wildman–Crippen LogP) is 1.38. The third-order valence-corrected chi connectivity index (χ3v) is 3.82. The quantitative estimate of drug-likeness (QED) is 0.413. The van der Waals surface area contributed by atoms with E-state index < -0.39 is 46.5 Å². The third-order valence-electron chi connectivity index (χ3n) is 3.82. The number of benzene rings is 1. The van der Waals surface area contributed by atoms with Crippen LogP contribution in [0.25, 0.3) is 0 Å². The second-order valence-electron chi connectivity index (χ2n) is 5.39. The molecular weight excluding hydrogens is 363 g/mol. The Morgan fingerprint density at radius 3 is 2.58 bits per heavy atom. The van der Waals surface area contributed by atoms with Crippen LogP contribution < -0.4 is 10.6 Å². The highest BCUT2D eigenvalue weighted by molar-refractivity contribution is 5.83. The van der Waals surface area contributed by atoms with Crippen molar-refractivity contribution in [3.8, 4) is 0 Å². The number of halogens is 3. The summed E-state index contributed by atoms with van der Waals surface area (Å²) < 4.78 is 45.0. The lowest BCUT2D eigenvalue weighted by Gasteiger charge is -2.44. The fourth-order valence-corrected chi connectivity index (χ4v) is 2.71. The van der Waals surface area contributed by atoms with Crippen LogP contribution in [0.3, 0.4) is 0 Å². The fourth-order valence-electron chi connectivity index (χ4n) is 2.71. The molecule has 0 spiro atoms. The molecule has 9 nitrogen and oxygen atoms in total. The van der Waals surface area contributed by atoms with Crippen LogP contribution in [0.15, 0.2) is 24.3 Å². The molecular formula is C14H14F3N3O6. The Morgan fingerprint density at radius 1 is 1.42 bits per heavy atom. The summed E-state index contributed by atoms with van der Waals surface area (Å²) in [5.74, 6) is -3.90. The molecule has 12 heteroatoms. The Labute approximate surface area is 144 Å². The molecule has 142 valence electrons. The predicted molar refractivity (Wildman–Crippen MR) is 78.6 cm³/mol. The fraction of sp³-hybridized carbons (Fsp3) is 0.429. The maximum absolute atomic E-state index is 13.5. The van der Waals surface area contributed by atoms with E-state index in [0.29, 0.717) is 0 Å². The molecule has 1 aliphatic rings. The van der Waals surface area contributed by atoms with E-state index in [1.54, 1.807) is 0 Å². The summed E-state index contributed by atoms with van der Waals surface area (Å²) in [6, 6.07) is 1.32. The minimum absolute atomic E-state index is 0.305. The Morgan fingerprint density at radius 2 is 2.04 bits per heavy atom. The molecule has 26 heavy (non-hydrogen) atoms. The molecule has 2 amide bonds. The highest BCUT2D eigenvalue weighted by Crippen LogP contribution is 2.44. The number of nitrogens with zero attached hydrogens (tertiary/aromatic N) is 1. The summed E-state index contributed by atoms with van der Waals surface area (Å²) in [6.07, 6.45) is -5.45. The average Bonchev–Trinajstić information content (AvgIpc) is 2.53. The van der Waals surface area contributed by atoms with Crippen molar-refractivity contribution in [3.63, 3.8) is 0 Å². The van der Waals surface area contributed by atoms with E-state index >= 15 is 0 Å². The molecule has 0 aromatic heterocycles. The number of amides is 2. The zero-order chi connectivity index (χ0) is 19.7. The number of carbonyl (C=O) groups excluding carboxylic acids is 2. The van der Waals surface area contributed by atoms with Crippen LogP contribution in [0.1, 0.15) is 18.5 Å². The van der Waals surface area contributed by atoms with Crippen LogP contribution in [0.2, 0.25) is 0 Å². The van der Waals surface area contributed by atoms with Gasteiger partial charge in [-0.15, -0.1) is 0 Å². The van der Waals surface area contributed by atoms with Crippen LogP contribution in [0.5, 0.6) is 0 Å². The van der Waals surface area contributed by atoms with Crippen molar-refractivity contribution in [2.24, 2.45) is 5.92 Å². The number of hydrogen-bond acceptors (Lipinski definition) is 6. The molecule has 1 aromatic rings. The Hall–Kier alpha value is -2.89. The molecule has 0 unspecified atom stereocenters. The lowest BCUT2D eigenvalue weighted by molar-refractivity contribution is -0.386. The van der Waals surface area contributed by atoms with Crippen LogP contribution >= 0.6 is 0 Å². The van der Waals surface area contributed by atoms with Crippen molar-refractivity contribution >= 4 is 17.7 Å². The van der Waals surface area contributed by atoms with Crippen molar-refractivity contribution in [2.45, 2.75) is 24.9 Å². The average molecular weight is 377 g/mol. The van der Waals surface area contributed by atoms with Gasteiger partial charge in [0, 0.05) is 6.07 Å². The summed E-state index contributed by atoms with van der Waals surface area (Å²) >= 11 is 0. The Bertz CT molecular complexity index is 741. The van der Waals surface area contributed by atoms with E-state index in [2.05, 4.69) is 4.74 Å². The van der Waals surface area contributed by atoms with Gasteiger partial charge in [-0.3, -0.25) is 14.9 Å². The molecule has 1 fully saturated rings. The van der Waals surface area contributed by atoms with Crippen LogP contribution in [0.4, 0.5) is 23.7 Å². The zero-order valence-corrected chi connectivity index (χ0v) is 13.2. The SMILES string of the molecule is CCOC(=O)[C@@H]1[C@@H](c2ccccc2[N+](=O)[O-])NC(=O)N[C@]1(O)C(F)(F)F. The van der Waals surface area contributed by atoms with Crippen molar-refractivity contribution in [1.29, 1.82) is 0 Å². The van der Waals surface area contributed by atoms with E-state index in [9.17, 15) is 38.0 Å². The number of alkyl halides is 3. The number of para-hydroxylation sites is 1. The second kappa shape index (κ2) is 6.78. The van der Waals surface area contributed by atoms with E-state index in [1.165, 1.54) is 24.4 Å². The summed E-state index contributed by atoms with van der Waals surface area (Å²) in [6.45, 7) is 1.03. The van der Waals surface area contributed by atoms with E-state index in [4.69, 9.17) is 0 Å². The maximum atomic E-state index is 13.5. The van der Waals surface area contributed by atoms with Gasteiger partial charge >= 0.3 is 18.2 Å². The third kappa shape index (κ3) is 3.27. The number of hydrogen-bond donors (Lipinski definition) is 3. The van der Waals surface area contributed by atoms with Crippen LogP contribution in [-0.4, -0.2) is 40.5 Å². The first-order valence-electron chi connectivity index (χ1n) is 7.30. The summed E-state index contributed by atoms with van der Waals surface area (Å²) in [4.78, 5) is 34.2. The molecule has 0 radical (unpaired) electrons. The first-order valence-corrected chi connectivity index (χ1v) is 7.30. The molecule has 2 rings (SSSR count). The summed E-state index contributed by atoms with van der Waals surface area (Å²) in [7, 11) is 0. The smallest absolute Gasteiger partial charge is 0.437 e. The van der Waals surface area contributed by atoms with Crippen LogP contribution in [0, 0.1) is 16.0 Å². The van der Waals surface area contributed by atoms with Crippen molar-refractivity contribution < 1.29 is 37.5 Å². The first kappa shape index (κ1) is 19.4. The van der Waals surface area contributed by atoms with Gasteiger partial charge in [0.2, 0.25) is 0 Å². The minimum atomic E-state index is -5.45. The summed E-state index contributed by atoms with van der Waals surface area (Å²) in [5, 5.41) is 24.6. The molecule has 1 saturated heterocycles. The zero-order valence-electron chi connectivity index (χ0n) is 13.2. The number of ether oxygens (including phenoxy) is 1. The van der Waals surface area contributed by atoms with Gasteiger partial charge in [0.25, 0.3) is 11.4 Å². The monoisotopic (exact) mass is 377 g/mol. The normalized spacial score (nSPS) is 25.8. The lowest BCUT2D eigenvalue weighted by atomic mass is 9.81. The van der Waals surface area contributed by atoms with Gasteiger partial charge in [0.15, 0.2) is 0 Å². The number of nitro groups is 1. The van der Waals surface area contributed by atoms with Gasteiger partial charge in [-0.2, -0.15) is 13.2 Å². The van der Waals surface area contributed by atoms with Crippen molar-refractivity contribution in [3.05, 3.63) is 39.9 Å². The number of aliphatic hydroxyl groups is 1. The highest BCUT2D eigenvalue weighted by Gasteiger charge is 2.67. The summed E-state index contributed by atoms with van der Waals surface area (Å²) in [5.41, 5.74) is -4.98. The van der Waals surface area contributed by atoms with Gasteiger partial charge in [-0.25, -0.2) is 4.79 Å². The first-order chi connectivity index (χ1) is 12.0.